The molecule has 232 valence electrons. The number of benzene rings is 3. The minimum absolute atomic E-state index is 0.0362. The summed E-state index contributed by atoms with van der Waals surface area (Å²) in [5.74, 6) is -0.502. The molecule has 0 radical (unpaired) electrons. The van der Waals surface area contributed by atoms with Crippen LogP contribution in [0, 0.1) is 0 Å². The lowest BCUT2D eigenvalue weighted by Crippen LogP contribution is -2.55. The third kappa shape index (κ3) is 8.34. The van der Waals surface area contributed by atoms with Crippen LogP contribution in [0.3, 0.4) is 0 Å². The van der Waals surface area contributed by atoms with Gasteiger partial charge < -0.3 is 19.7 Å². The lowest BCUT2D eigenvalue weighted by atomic mass is 10.1. The predicted octanol–water partition coefficient (Wildman–Crippen LogP) is 5.93. The maximum Gasteiger partial charge on any atom is 0.264 e. The van der Waals surface area contributed by atoms with Gasteiger partial charge in [0, 0.05) is 33.8 Å². The standard InChI is InChI=1S/C31H37Cl2N3O6S/c1-7-26(30(38)34-31(2,3)4)35(19-23-24(32)14-11-15-25(23)33)29(37)20-36(43(39,40)22-12-9-8-10-13-22)27-18-21(41-5)16-17-28(27)42-6/h8-18,26H,7,19-20H2,1-6H3,(H,34,38). The fraction of sp³-hybridized carbons (Fsp3) is 0.355. The van der Waals surface area contributed by atoms with Crippen molar-refractivity contribution in [2.24, 2.45) is 0 Å². The topological polar surface area (TPSA) is 105 Å². The number of sulfonamides is 1. The molecular weight excluding hydrogens is 613 g/mol. The van der Waals surface area contributed by atoms with Crippen molar-refractivity contribution in [1.82, 2.24) is 10.2 Å². The van der Waals surface area contributed by atoms with Gasteiger partial charge in [0.15, 0.2) is 0 Å². The van der Waals surface area contributed by atoms with Crippen LogP contribution in [0.4, 0.5) is 5.69 Å². The number of nitrogens with one attached hydrogen (secondary N) is 1. The average molecular weight is 651 g/mol. The molecule has 43 heavy (non-hydrogen) atoms. The van der Waals surface area contributed by atoms with Crippen LogP contribution in [0.5, 0.6) is 11.5 Å². The van der Waals surface area contributed by atoms with E-state index < -0.39 is 40.0 Å². The van der Waals surface area contributed by atoms with Gasteiger partial charge in [-0.3, -0.25) is 13.9 Å². The molecule has 1 N–H and O–H groups in total. The molecule has 0 aliphatic carbocycles. The van der Waals surface area contributed by atoms with Gasteiger partial charge in [-0.1, -0.05) is 54.4 Å². The number of anilines is 1. The van der Waals surface area contributed by atoms with Crippen LogP contribution in [-0.2, 0) is 26.2 Å². The molecule has 0 aliphatic heterocycles. The van der Waals surface area contributed by atoms with Crippen molar-refractivity contribution in [2.45, 2.75) is 57.1 Å². The Labute approximate surface area is 263 Å². The van der Waals surface area contributed by atoms with E-state index in [4.69, 9.17) is 32.7 Å². The Kier molecular flexibility index (Phi) is 11.3. The molecule has 1 unspecified atom stereocenters. The normalized spacial score (nSPS) is 12.3. The SMILES string of the molecule is CCC(C(=O)NC(C)(C)C)N(Cc1c(Cl)cccc1Cl)C(=O)CN(c1cc(OC)ccc1OC)S(=O)(=O)c1ccccc1. The van der Waals surface area contributed by atoms with E-state index >= 15 is 0 Å². The van der Waals surface area contributed by atoms with Crippen LogP contribution < -0.4 is 19.1 Å². The van der Waals surface area contributed by atoms with Crippen LogP contribution in [0.2, 0.25) is 10.0 Å². The van der Waals surface area contributed by atoms with E-state index in [-0.39, 0.29) is 29.3 Å². The number of ether oxygens (including phenoxy) is 2. The van der Waals surface area contributed by atoms with Gasteiger partial charge in [0.25, 0.3) is 10.0 Å². The predicted molar refractivity (Wildman–Crippen MR) is 170 cm³/mol. The number of halogens is 2. The van der Waals surface area contributed by atoms with Gasteiger partial charge in [-0.25, -0.2) is 8.42 Å². The number of rotatable bonds is 12. The highest BCUT2D eigenvalue weighted by Gasteiger charge is 2.36. The van der Waals surface area contributed by atoms with Crippen LogP contribution in [0.15, 0.2) is 71.6 Å². The molecule has 0 saturated carbocycles. The van der Waals surface area contributed by atoms with Gasteiger partial charge in [0.05, 0.1) is 24.8 Å². The molecule has 2 amide bonds. The summed E-state index contributed by atoms with van der Waals surface area (Å²) in [7, 11) is -1.47. The average Bonchev–Trinajstić information content (AvgIpc) is 2.96. The molecule has 0 heterocycles. The van der Waals surface area contributed by atoms with Crippen molar-refractivity contribution in [3.63, 3.8) is 0 Å². The number of carbonyl (C=O) groups is 2. The summed E-state index contributed by atoms with van der Waals surface area (Å²) in [5, 5.41) is 3.54. The molecule has 3 aromatic rings. The molecule has 0 bridgehead atoms. The molecule has 0 aromatic heterocycles. The smallest absolute Gasteiger partial charge is 0.264 e. The molecule has 0 spiro atoms. The zero-order valence-corrected chi connectivity index (χ0v) is 27.4. The van der Waals surface area contributed by atoms with E-state index in [9.17, 15) is 18.0 Å². The van der Waals surface area contributed by atoms with Crippen molar-refractivity contribution < 1.29 is 27.5 Å². The first-order chi connectivity index (χ1) is 20.2. The summed E-state index contributed by atoms with van der Waals surface area (Å²) in [6, 6.07) is 16.4. The van der Waals surface area contributed by atoms with E-state index in [1.807, 2.05) is 20.8 Å². The van der Waals surface area contributed by atoms with Crippen molar-refractivity contribution in [2.75, 3.05) is 25.1 Å². The van der Waals surface area contributed by atoms with Crippen molar-refractivity contribution in [1.29, 1.82) is 0 Å². The highest BCUT2D eigenvalue weighted by Crippen LogP contribution is 2.36. The second-order valence-corrected chi connectivity index (χ2v) is 13.4. The zero-order valence-electron chi connectivity index (χ0n) is 25.1. The number of hydrogen-bond acceptors (Lipinski definition) is 6. The maximum absolute atomic E-state index is 14.3. The quantitative estimate of drug-likeness (QED) is 0.261. The van der Waals surface area contributed by atoms with Gasteiger partial charge in [0.1, 0.15) is 24.1 Å². The highest BCUT2D eigenvalue weighted by molar-refractivity contribution is 7.92. The number of methoxy groups -OCH3 is 2. The Bertz CT molecular complexity index is 1520. The summed E-state index contributed by atoms with van der Waals surface area (Å²) in [6.45, 7) is 6.46. The van der Waals surface area contributed by atoms with E-state index in [1.54, 1.807) is 55.5 Å². The molecule has 12 heteroatoms. The number of amides is 2. The van der Waals surface area contributed by atoms with Crippen LogP contribution >= 0.6 is 23.2 Å². The molecule has 1 atom stereocenters. The van der Waals surface area contributed by atoms with Crippen molar-refractivity contribution in [3.8, 4) is 11.5 Å². The van der Waals surface area contributed by atoms with E-state index in [2.05, 4.69) is 5.32 Å². The van der Waals surface area contributed by atoms with E-state index in [0.717, 1.165) is 4.31 Å². The molecular formula is C31H37Cl2N3O6S. The number of hydrogen-bond donors (Lipinski definition) is 1. The largest absolute Gasteiger partial charge is 0.497 e. The van der Waals surface area contributed by atoms with Gasteiger partial charge >= 0.3 is 0 Å². The van der Waals surface area contributed by atoms with E-state index in [0.29, 0.717) is 21.4 Å². The first-order valence-corrected chi connectivity index (χ1v) is 15.8. The Morgan fingerprint density at radius 3 is 2.09 bits per heavy atom. The second kappa shape index (κ2) is 14.3. The van der Waals surface area contributed by atoms with Gasteiger partial charge in [-0.05, 0) is 63.6 Å². The zero-order chi connectivity index (χ0) is 31.9. The third-order valence-electron chi connectivity index (χ3n) is 6.54. The fourth-order valence-electron chi connectivity index (χ4n) is 4.45. The van der Waals surface area contributed by atoms with Gasteiger partial charge in [-0.15, -0.1) is 0 Å². The monoisotopic (exact) mass is 649 g/mol. The number of nitrogens with zero attached hydrogens (tertiary/aromatic N) is 2. The van der Waals surface area contributed by atoms with Crippen molar-refractivity contribution >= 4 is 50.7 Å². The Balaban J connectivity index is 2.19. The molecule has 3 rings (SSSR count). The van der Waals surface area contributed by atoms with Crippen LogP contribution in [0.1, 0.15) is 39.7 Å². The van der Waals surface area contributed by atoms with Gasteiger partial charge in [0.2, 0.25) is 11.8 Å². The lowest BCUT2D eigenvalue weighted by molar-refractivity contribution is -0.141. The van der Waals surface area contributed by atoms with Crippen LogP contribution in [0.25, 0.3) is 0 Å². The first-order valence-electron chi connectivity index (χ1n) is 13.6. The lowest BCUT2D eigenvalue weighted by Gasteiger charge is -2.35. The minimum atomic E-state index is -4.31. The Hall–Kier alpha value is -3.47. The molecule has 9 nitrogen and oxygen atoms in total. The fourth-order valence-corrected chi connectivity index (χ4v) is 6.41. The molecule has 0 fully saturated rings. The Morgan fingerprint density at radius 1 is 0.930 bits per heavy atom. The maximum atomic E-state index is 14.3. The van der Waals surface area contributed by atoms with Gasteiger partial charge in [-0.2, -0.15) is 0 Å². The first kappa shape index (κ1) is 34.0. The van der Waals surface area contributed by atoms with E-state index in [1.165, 1.54) is 37.3 Å². The summed E-state index contributed by atoms with van der Waals surface area (Å²) < 4.78 is 40.1. The summed E-state index contributed by atoms with van der Waals surface area (Å²) >= 11 is 13.0. The number of carbonyl (C=O) groups excluding carboxylic acids is 2. The molecule has 0 saturated heterocycles. The second-order valence-electron chi connectivity index (χ2n) is 10.7. The van der Waals surface area contributed by atoms with Crippen molar-refractivity contribution in [3.05, 3.63) is 82.3 Å². The Morgan fingerprint density at radius 2 is 1.56 bits per heavy atom. The third-order valence-corrected chi connectivity index (χ3v) is 9.02. The summed E-state index contributed by atoms with van der Waals surface area (Å²) in [4.78, 5) is 29.1. The minimum Gasteiger partial charge on any atom is -0.497 e. The molecule has 0 aliphatic rings. The van der Waals surface area contributed by atoms with Crippen LogP contribution in [-0.4, -0.2) is 57.5 Å². The molecule has 3 aromatic carbocycles. The highest BCUT2D eigenvalue weighted by atomic mass is 35.5. The summed E-state index contributed by atoms with van der Waals surface area (Å²) in [6.07, 6.45) is 0.240. The summed E-state index contributed by atoms with van der Waals surface area (Å²) in [5.41, 5.74) is -0.0719.